The van der Waals surface area contributed by atoms with Crippen LogP contribution in [0.25, 0.3) is 6.08 Å². The Labute approximate surface area is 172 Å². The SMILES string of the molecule is C=C(C)C(=O)OC.C=C(CC=C(C)C(=O)O)C(=O)OCC.C=Cc1ccccc1. The molecule has 0 amide bonds. The fourth-order valence-corrected chi connectivity index (χ4v) is 1.44. The Kier molecular flexibility index (Phi) is 16.1. The molecule has 0 aliphatic carbocycles. The third-order valence-corrected chi connectivity index (χ3v) is 3.13. The van der Waals surface area contributed by atoms with E-state index in [1.165, 1.54) is 25.7 Å². The van der Waals surface area contributed by atoms with Crippen LogP contribution in [-0.2, 0) is 23.9 Å². The minimum Gasteiger partial charge on any atom is -0.478 e. The van der Waals surface area contributed by atoms with E-state index in [2.05, 4.69) is 29.2 Å². The Morgan fingerprint density at radius 2 is 1.62 bits per heavy atom. The number of hydrogen-bond acceptors (Lipinski definition) is 5. The molecule has 0 atom stereocenters. The van der Waals surface area contributed by atoms with Crippen LogP contribution in [0.4, 0.5) is 0 Å². The molecular formula is C23H30O6. The van der Waals surface area contributed by atoms with E-state index >= 15 is 0 Å². The maximum Gasteiger partial charge on any atom is 0.333 e. The molecule has 158 valence electrons. The highest BCUT2D eigenvalue weighted by Gasteiger charge is 2.07. The van der Waals surface area contributed by atoms with E-state index in [0.29, 0.717) is 12.2 Å². The van der Waals surface area contributed by atoms with Crippen LogP contribution in [0.1, 0.15) is 32.8 Å². The second kappa shape index (κ2) is 16.7. The summed E-state index contributed by atoms with van der Waals surface area (Å²) in [6.45, 7) is 15.5. The number of aliphatic carboxylic acids is 1. The van der Waals surface area contributed by atoms with Crippen molar-refractivity contribution in [2.45, 2.75) is 27.2 Å². The minimum absolute atomic E-state index is 0.190. The summed E-state index contributed by atoms with van der Waals surface area (Å²) < 4.78 is 8.95. The number of esters is 2. The number of allylic oxidation sites excluding steroid dienone is 1. The van der Waals surface area contributed by atoms with Gasteiger partial charge in [0.15, 0.2) is 0 Å². The van der Waals surface area contributed by atoms with E-state index in [1.54, 1.807) is 13.8 Å². The Morgan fingerprint density at radius 3 is 1.93 bits per heavy atom. The lowest BCUT2D eigenvalue weighted by molar-refractivity contribution is -0.138. The lowest BCUT2D eigenvalue weighted by Gasteiger charge is -2.02. The number of methoxy groups -OCH3 is 1. The van der Waals surface area contributed by atoms with Crippen molar-refractivity contribution in [3.05, 3.63) is 78.4 Å². The van der Waals surface area contributed by atoms with Gasteiger partial charge in [0.1, 0.15) is 0 Å². The third kappa shape index (κ3) is 15.4. The molecule has 0 saturated heterocycles. The molecule has 0 fully saturated rings. The van der Waals surface area contributed by atoms with Gasteiger partial charge in [0.05, 0.1) is 13.7 Å². The predicted octanol–water partition coefficient (Wildman–Crippen LogP) is 4.59. The summed E-state index contributed by atoms with van der Waals surface area (Å²) in [5.74, 6) is -1.83. The van der Waals surface area contributed by atoms with Crippen molar-refractivity contribution in [2.24, 2.45) is 0 Å². The Morgan fingerprint density at radius 1 is 1.07 bits per heavy atom. The van der Waals surface area contributed by atoms with Gasteiger partial charge in [0.25, 0.3) is 0 Å². The number of hydrogen-bond donors (Lipinski definition) is 1. The molecule has 0 bridgehead atoms. The van der Waals surface area contributed by atoms with Crippen molar-refractivity contribution in [1.29, 1.82) is 0 Å². The number of benzene rings is 1. The largest absolute Gasteiger partial charge is 0.478 e. The molecule has 0 radical (unpaired) electrons. The fraction of sp³-hybridized carbons (Fsp3) is 0.261. The van der Waals surface area contributed by atoms with Gasteiger partial charge in [-0.05, 0) is 32.8 Å². The summed E-state index contributed by atoms with van der Waals surface area (Å²) in [4.78, 5) is 31.6. The molecule has 0 unspecified atom stereocenters. The van der Waals surface area contributed by atoms with Gasteiger partial charge in [-0.3, -0.25) is 0 Å². The number of carboxylic acids is 1. The monoisotopic (exact) mass is 402 g/mol. The zero-order chi connectivity index (χ0) is 22.8. The van der Waals surface area contributed by atoms with Crippen molar-refractivity contribution in [2.75, 3.05) is 13.7 Å². The van der Waals surface area contributed by atoms with E-state index in [0.717, 1.165) is 0 Å². The van der Waals surface area contributed by atoms with Gasteiger partial charge >= 0.3 is 17.9 Å². The van der Waals surface area contributed by atoms with E-state index in [1.807, 2.05) is 36.4 Å². The lowest BCUT2D eigenvalue weighted by Crippen LogP contribution is -2.06. The van der Waals surface area contributed by atoms with Gasteiger partial charge in [0.2, 0.25) is 0 Å². The number of carbonyl (C=O) groups is 3. The quantitative estimate of drug-likeness (QED) is 0.530. The van der Waals surface area contributed by atoms with Gasteiger partial charge in [0, 0.05) is 16.7 Å². The maximum atomic E-state index is 11.0. The van der Waals surface area contributed by atoms with Crippen LogP contribution in [0.2, 0.25) is 0 Å². The fourth-order valence-electron chi connectivity index (χ4n) is 1.44. The molecule has 29 heavy (non-hydrogen) atoms. The van der Waals surface area contributed by atoms with Gasteiger partial charge in [-0.15, -0.1) is 0 Å². The average molecular weight is 402 g/mol. The molecule has 1 rings (SSSR count). The Balaban J connectivity index is 0. The number of carboxylic acid groups (broad SMARTS) is 1. The third-order valence-electron chi connectivity index (χ3n) is 3.13. The molecule has 0 aromatic heterocycles. The van der Waals surface area contributed by atoms with Crippen LogP contribution < -0.4 is 0 Å². The lowest BCUT2D eigenvalue weighted by atomic mass is 10.1. The molecule has 0 saturated carbocycles. The zero-order valence-electron chi connectivity index (χ0n) is 17.6. The highest BCUT2D eigenvalue weighted by atomic mass is 16.5. The van der Waals surface area contributed by atoms with Crippen LogP contribution in [0.15, 0.2) is 72.9 Å². The van der Waals surface area contributed by atoms with Gasteiger partial charge in [-0.25, -0.2) is 14.4 Å². The van der Waals surface area contributed by atoms with Crippen molar-refractivity contribution < 1.29 is 29.0 Å². The molecule has 0 aliphatic heterocycles. The average Bonchev–Trinajstić information content (AvgIpc) is 2.72. The number of ether oxygens (including phenoxy) is 2. The summed E-state index contributed by atoms with van der Waals surface area (Å²) >= 11 is 0. The van der Waals surface area contributed by atoms with Crippen molar-refractivity contribution in [3.8, 4) is 0 Å². The Bertz CT molecular complexity index is 729. The molecule has 1 N–H and O–H groups in total. The zero-order valence-corrected chi connectivity index (χ0v) is 17.6. The van der Waals surface area contributed by atoms with Crippen LogP contribution in [-0.4, -0.2) is 36.7 Å². The van der Waals surface area contributed by atoms with Crippen molar-refractivity contribution in [1.82, 2.24) is 0 Å². The topological polar surface area (TPSA) is 89.9 Å². The standard InChI is InChI=1S/C10H14O4.C8H8.C5H8O2/c1-4-14-10(13)8(3)6-5-7(2)9(11)12;1-2-8-6-4-3-5-7-8;1-4(2)5(6)7-3/h5H,3-4,6H2,1-2H3,(H,11,12);2-7H,1H2;1H2,2-3H3. The van der Waals surface area contributed by atoms with E-state index in [-0.39, 0.29) is 23.5 Å². The second-order valence-corrected chi connectivity index (χ2v) is 5.61. The molecule has 0 heterocycles. The summed E-state index contributed by atoms with van der Waals surface area (Å²) in [6.07, 6.45) is 3.47. The number of carbonyl (C=O) groups excluding carboxylic acids is 2. The molecule has 0 aliphatic rings. The van der Waals surface area contributed by atoms with E-state index < -0.39 is 11.9 Å². The van der Waals surface area contributed by atoms with Crippen LogP contribution in [0, 0.1) is 0 Å². The van der Waals surface area contributed by atoms with Gasteiger partial charge < -0.3 is 14.6 Å². The van der Waals surface area contributed by atoms with Gasteiger partial charge in [-0.1, -0.05) is 62.2 Å². The normalized spacial score (nSPS) is 9.45. The van der Waals surface area contributed by atoms with Crippen molar-refractivity contribution in [3.63, 3.8) is 0 Å². The number of rotatable bonds is 7. The second-order valence-electron chi connectivity index (χ2n) is 5.61. The summed E-state index contributed by atoms with van der Waals surface area (Å²) in [5.41, 5.74) is 2.05. The van der Waals surface area contributed by atoms with Gasteiger partial charge in [-0.2, -0.15) is 0 Å². The first-order valence-corrected chi connectivity index (χ1v) is 8.76. The molecular weight excluding hydrogens is 372 g/mol. The van der Waals surface area contributed by atoms with Crippen LogP contribution >= 0.6 is 0 Å². The van der Waals surface area contributed by atoms with Crippen LogP contribution in [0.5, 0.6) is 0 Å². The first-order chi connectivity index (χ1) is 13.6. The Hall–Kier alpha value is -3.41. The molecule has 1 aromatic rings. The molecule has 0 spiro atoms. The van der Waals surface area contributed by atoms with Crippen molar-refractivity contribution >= 4 is 24.0 Å². The summed E-state index contributed by atoms with van der Waals surface area (Å²) in [7, 11) is 1.33. The van der Waals surface area contributed by atoms with Crippen LogP contribution in [0.3, 0.4) is 0 Å². The first-order valence-electron chi connectivity index (χ1n) is 8.76. The predicted molar refractivity (Wildman–Crippen MR) is 115 cm³/mol. The maximum absolute atomic E-state index is 11.0. The molecule has 6 nitrogen and oxygen atoms in total. The highest BCUT2D eigenvalue weighted by Crippen LogP contribution is 2.05. The first kappa shape index (κ1) is 27.8. The van der Waals surface area contributed by atoms with E-state index in [9.17, 15) is 14.4 Å². The van der Waals surface area contributed by atoms with E-state index in [4.69, 9.17) is 5.11 Å². The minimum atomic E-state index is -0.998. The molecule has 6 heteroatoms. The smallest absolute Gasteiger partial charge is 0.333 e. The summed E-state index contributed by atoms with van der Waals surface area (Å²) in [6, 6.07) is 10.0. The summed E-state index contributed by atoms with van der Waals surface area (Å²) in [5, 5.41) is 8.52. The molecule has 1 aromatic carbocycles. The highest BCUT2D eigenvalue weighted by molar-refractivity contribution is 5.89.